The van der Waals surface area contributed by atoms with Crippen molar-refractivity contribution < 1.29 is 14.3 Å². The Morgan fingerprint density at radius 3 is 2.73 bits per heavy atom. The van der Waals surface area contributed by atoms with Crippen molar-refractivity contribution in [2.75, 3.05) is 13.2 Å². The lowest BCUT2D eigenvalue weighted by molar-refractivity contribution is -0.146. The molecule has 2 rings (SSSR count). The topological polar surface area (TPSA) is 55.4 Å². The lowest BCUT2D eigenvalue weighted by Gasteiger charge is -2.40. The molecule has 2 aliphatic rings. The van der Waals surface area contributed by atoms with E-state index in [1.807, 2.05) is 13.8 Å². The Hall–Kier alpha value is -0.900. The first kappa shape index (κ1) is 10.6. The van der Waals surface area contributed by atoms with Crippen molar-refractivity contribution >= 4 is 11.8 Å². The molecule has 0 aliphatic carbocycles. The first-order valence-corrected chi connectivity index (χ1v) is 5.47. The van der Waals surface area contributed by atoms with Gasteiger partial charge in [-0.25, -0.2) is 0 Å². The van der Waals surface area contributed by atoms with Gasteiger partial charge in [0.25, 0.3) is 0 Å². The highest BCUT2D eigenvalue weighted by atomic mass is 16.5. The van der Waals surface area contributed by atoms with E-state index >= 15 is 0 Å². The van der Waals surface area contributed by atoms with E-state index in [-0.39, 0.29) is 29.1 Å². The van der Waals surface area contributed by atoms with Gasteiger partial charge in [0, 0.05) is 24.4 Å². The molecule has 0 saturated carbocycles. The molecule has 0 aromatic heterocycles. The fourth-order valence-corrected chi connectivity index (χ4v) is 2.98. The van der Waals surface area contributed by atoms with Crippen molar-refractivity contribution in [3.05, 3.63) is 0 Å². The summed E-state index contributed by atoms with van der Waals surface area (Å²) in [7, 11) is 0. The number of carbonyl (C=O) groups excluding carboxylic acids is 2. The van der Waals surface area contributed by atoms with E-state index < -0.39 is 0 Å². The van der Waals surface area contributed by atoms with Crippen LogP contribution in [0.2, 0.25) is 0 Å². The Labute approximate surface area is 89.4 Å². The lowest BCUT2D eigenvalue weighted by atomic mass is 9.65. The Morgan fingerprint density at radius 1 is 1.47 bits per heavy atom. The van der Waals surface area contributed by atoms with Gasteiger partial charge in [-0.1, -0.05) is 13.8 Å². The first-order valence-electron chi connectivity index (χ1n) is 5.47. The summed E-state index contributed by atoms with van der Waals surface area (Å²) in [6, 6.07) is 0. The lowest BCUT2D eigenvalue weighted by Crippen LogP contribution is -2.54. The first-order chi connectivity index (χ1) is 7.05. The summed E-state index contributed by atoms with van der Waals surface area (Å²) in [6.45, 7) is 5.28. The fourth-order valence-electron chi connectivity index (χ4n) is 2.98. The molecule has 2 aliphatic heterocycles. The third kappa shape index (κ3) is 1.67. The number of rotatable bonds is 1. The number of hydrogen-bond donors (Lipinski definition) is 1. The third-order valence-corrected chi connectivity index (χ3v) is 3.52. The van der Waals surface area contributed by atoms with Crippen LogP contribution in [0.25, 0.3) is 0 Å². The Bertz CT molecular complexity index is 292. The number of ether oxygens (including phenoxy) is 1. The molecule has 2 unspecified atom stereocenters. The molecule has 15 heavy (non-hydrogen) atoms. The molecule has 1 spiro atoms. The average Bonchev–Trinajstić information content (AvgIpc) is 2.50. The van der Waals surface area contributed by atoms with Gasteiger partial charge in [-0.2, -0.15) is 0 Å². The summed E-state index contributed by atoms with van der Waals surface area (Å²) in [6.07, 6.45) is 1.26. The normalized spacial score (nSPS) is 36.3. The van der Waals surface area contributed by atoms with Gasteiger partial charge in [0.1, 0.15) is 0 Å². The number of amides is 2. The van der Waals surface area contributed by atoms with Crippen molar-refractivity contribution in [2.24, 2.45) is 17.3 Å². The van der Waals surface area contributed by atoms with Crippen molar-refractivity contribution in [1.29, 1.82) is 0 Å². The van der Waals surface area contributed by atoms with Crippen molar-refractivity contribution in [3.63, 3.8) is 0 Å². The number of nitrogens with one attached hydrogen (secondary N) is 1. The molecule has 2 amide bonds. The molecule has 0 radical (unpaired) electrons. The molecule has 84 valence electrons. The molecule has 2 atom stereocenters. The maximum absolute atomic E-state index is 11.8. The van der Waals surface area contributed by atoms with E-state index in [1.54, 1.807) is 0 Å². The van der Waals surface area contributed by atoms with Crippen LogP contribution in [0, 0.1) is 17.3 Å². The van der Waals surface area contributed by atoms with Gasteiger partial charge in [-0.3, -0.25) is 14.9 Å². The van der Waals surface area contributed by atoms with Gasteiger partial charge in [-0.05, 0) is 12.3 Å². The summed E-state index contributed by atoms with van der Waals surface area (Å²) >= 11 is 0. The monoisotopic (exact) mass is 211 g/mol. The second-order valence-electron chi connectivity index (χ2n) is 4.98. The van der Waals surface area contributed by atoms with Crippen molar-refractivity contribution in [3.8, 4) is 0 Å². The highest BCUT2D eigenvalue weighted by molar-refractivity contribution is 5.99. The molecular weight excluding hydrogens is 194 g/mol. The fraction of sp³-hybridized carbons (Fsp3) is 0.818. The van der Waals surface area contributed by atoms with Crippen LogP contribution >= 0.6 is 0 Å². The van der Waals surface area contributed by atoms with Crippen LogP contribution in [-0.4, -0.2) is 25.0 Å². The van der Waals surface area contributed by atoms with E-state index in [4.69, 9.17) is 4.74 Å². The second-order valence-corrected chi connectivity index (χ2v) is 4.98. The zero-order valence-corrected chi connectivity index (χ0v) is 9.21. The zero-order chi connectivity index (χ0) is 11.1. The van der Waals surface area contributed by atoms with E-state index in [2.05, 4.69) is 5.32 Å². The maximum atomic E-state index is 11.8. The van der Waals surface area contributed by atoms with Gasteiger partial charge < -0.3 is 4.74 Å². The van der Waals surface area contributed by atoms with E-state index in [1.165, 1.54) is 0 Å². The summed E-state index contributed by atoms with van der Waals surface area (Å²) in [5.74, 6) is -0.105. The van der Waals surface area contributed by atoms with Crippen LogP contribution in [-0.2, 0) is 14.3 Å². The number of piperidine rings is 1. The minimum atomic E-state index is -0.229. The van der Waals surface area contributed by atoms with E-state index in [0.717, 1.165) is 6.42 Å². The number of carbonyl (C=O) groups is 2. The van der Waals surface area contributed by atoms with Crippen LogP contribution in [0.15, 0.2) is 0 Å². The molecular formula is C11H17NO3. The molecule has 2 saturated heterocycles. The van der Waals surface area contributed by atoms with E-state index in [9.17, 15) is 9.59 Å². The number of hydrogen-bond acceptors (Lipinski definition) is 3. The smallest absolute Gasteiger partial charge is 0.230 e. The SMILES string of the molecule is CC(C)C1C(=O)NC(=O)CC12CCOC2. The minimum Gasteiger partial charge on any atom is -0.381 e. The maximum Gasteiger partial charge on any atom is 0.230 e. The predicted octanol–water partition coefficient (Wildman–Crippen LogP) is 0.712. The average molecular weight is 211 g/mol. The molecule has 4 heteroatoms. The standard InChI is InChI=1S/C11H17NO3/c1-7(2)9-10(14)12-8(13)5-11(9)3-4-15-6-11/h7,9H,3-6H2,1-2H3,(H,12,13,14). The van der Waals surface area contributed by atoms with Crippen LogP contribution in [0.5, 0.6) is 0 Å². The summed E-state index contributed by atoms with van der Waals surface area (Å²) in [5.41, 5.74) is -0.229. The van der Waals surface area contributed by atoms with E-state index in [0.29, 0.717) is 19.6 Å². The van der Waals surface area contributed by atoms with Gasteiger partial charge in [-0.15, -0.1) is 0 Å². The Kier molecular flexibility index (Phi) is 2.54. The van der Waals surface area contributed by atoms with Crippen molar-refractivity contribution in [2.45, 2.75) is 26.7 Å². The largest absolute Gasteiger partial charge is 0.381 e. The van der Waals surface area contributed by atoms with Crippen LogP contribution < -0.4 is 5.32 Å². The van der Waals surface area contributed by atoms with Gasteiger partial charge in [0.05, 0.1) is 6.61 Å². The quantitative estimate of drug-likeness (QED) is 0.650. The van der Waals surface area contributed by atoms with Gasteiger partial charge >= 0.3 is 0 Å². The molecule has 2 fully saturated rings. The van der Waals surface area contributed by atoms with Gasteiger partial charge in [0.15, 0.2) is 0 Å². The predicted molar refractivity (Wildman–Crippen MR) is 54.0 cm³/mol. The van der Waals surface area contributed by atoms with Crippen LogP contribution in [0.1, 0.15) is 26.7 Å². The highest BCUT2D eigenvalue weighted by Crippen LogP contribution is 2.45. The van der Waals surface area contributed by atoms with Gasteiger partial charge in [0.2, 0.25) is 11.8 Å². The van der Waals surface area contributed by atoms with Crippen molar-refractivity contribution in [1.82, 2.24) is 5.32 Å². The third-order valence-electron chi connectivity index (χ3n) is 3.52. The summed E-state index contributed by atoms with van der Waals surface area (Å²) in [5, 5.41) is 2.43. The molecule has 1 N–H and O–H groups in total. The highest BCUT2D eigenvalue weighted by Gasteiger charge is 2.51. The number of imide groups is 1. The van der Waals surface area contributed by atoms with Crippen LogP contribution in [0.4, 0.5) is 0 Å². The minimum absolute atomic E-state index is 0.0855. The molecule has 4 nitrogen and oxygen atoms in total. The Balaban J connectivity index is 2.30. The molecule has 0 aromatic carbocycles. The molecule has 0 bridgehead atoms. The summed E-state index contributed by atoms with van der Waals surface area (Å²) in [4.78, 5) is 23.2. The summed E-state index contributed by atoms with van der Waals surface area (Å²) < 4.78 is 5.38. The van der Waals surface area contributed by atoms with Crippen LogP contribution in [0.3, 0.4) is 0 Å². The molecule has 0 aromatic rings. The zero-order valence-electron chi connectivity index (χ0n) is 9.21. The molecule has 2 heterocycles. The Morgan fingerprint density at radius 2 is 2.20 bits per heavy atom. The second kappa shape index (κ2) is 3.59.